The van der Waals surface area contributed by atoms with Crippen molar-refractivity contribution in [3.05, 3.63) is 81.4 Å². The maximum atomic E-state index is 13.2. The number of rotatable bonds is 6. The number of carbonyl (C=O) groups excluding carboxylic acids is 2. The molecule has 0 aliphatic carbocycles. The standard InChI is InChI=1S/C37H37N3O8/c1-19-13-23-14-25-27(16-38)40-26(32(39(25)4)30(23)33(43)34(19)44-5)15-24-31(37-36(46-18-47-37)20(2)35(24)48-21(3)41)28(40)17-45-29(42)12-11-22-9-7-6-8-10-22/h6-13,25-28,32,43H,14-15,17-18H2,1-5H3/b12-11+/t25-,26?,27-,28-,32+/m0/s1. The fraction of sp³-hybridized carbons (Fsp3) is 0.378. The Hall–Kier alpha value is -5.05. The molecule has 48 heavy (non-hydrogen) atoms. The molecule has 0 amide bonds. The van der Waals surface area contributed by atoms with Gasteiger partial charge in [0.05, 0.1) is 25.3 Å². The number of benzene rings is 3. The van der Waals surface area contributed by atoms with Crippen LogP contribution < -0.4 is 18.9 Å². The number of phenolic OH excluding ortho intramolecular Hbond substituents is 1. The Kier molecular flexibility index (Phi) is 8.01. The topological polar surface area (TPSA) is 131 Å². The SMILES string of the molecule is COc1c(C)cc2c(c1O)[C@H]1C3Cc4c(OC(C)=O)c(C)c5c(c4[C@H](COC(=O)/C=C/c4ccccc4)N3[C@@H](C#N)[C@H](C2)N1C)OCO5. The van der Waals surface area contributed by atoms with Gasteiger partial charge < -0.3 is 28.8 Å². The predicted octanol–water partition coefficient (Wildman–Crippen LogP) is 4.70. The van der Waals surface area contributed by atoms with Gasteiger partial charge in [0.2, 0.25) is 6.79 Å². The Labute approximate surface area is 278 Å². The second-order valence-electron chi connectivity index (χ2n) is 12.7. The molecule has 0 radical (unpaired) electrons. The number of methoxy groups -OCH3 is 1. The Morgan fingerprint density at radius 2 is 1.83 bits per heavy atom. The van der Waals surface area contributed by atoms with Gasteiger partial charge in [-0.2, -0.15) is 5.26 Å². The number of phenols is 1. The molecule has 1 fully saturated rings. The number of nitrogens with zero attached hydrogens (tertiary/aromatic N) is 3. The van der Waals surface area contributed by atoms with Gasteiger partial charge >= 0.3 is 11.9 Å². The first-order valence-electron chi connectivity index (χ1n) is 16.0. The van der Waals surface area contributed by atoms with Crippen LogP contribution in [0.4, 0.5) is 0 Å². The van der Waals surface area contributed by atoms with Crippen LogP contribution in [0.1, 0.15) is 58.0 Å². The van der Waals surface area contributed by atoms with E-state index in [0.717, 1.165) is 22.3 Å². The second kappa shape index (κ2) is 12.2. The van der Waals surface area contributed by atoms with Crippen molar-refractivity contribution < 1.29 is 38.4 Å². The van der Waals surface area contributed by atoms with E-state index in [1.54, 1.807) is 6.08 Å². The Bertz CT molecular complexity index is 1880. The van der Waals surface area contributed by atoms with Crippen molar-refractivity contribution in [3.63, 3.8) is 0 Å². The first-order valence-corrected chi connectivity index (χ1v) is 16.0. The van der Waals surface area contributed by atoms with E-state index < -0.39 is 30.1 Å². The van der Waals surface area contributed by atoms with Crippen LogP contribution in [0.15, 0.2) is 42.5 Å². The van der Waals surface area contributed by atoms with Crippen molar-refractivity contribution in [3.8, 4) is 34.8 Å². The number of aryl methyl sites for hydroxylation is 1. The zero-order valence-electron chi connectivity index (χ0n) is 27.5. The van der Waals surface area contributed by atoms with Gasteiger partial charge in [0.15, 0.2) is 23.0 Å². The van der Waals surface area contributed by atoms with Crippen LogP contribution in [0.3, 0.4) is 0 Å². The fourth-order valence-corrected chi connectivity index (χ4v) is 8.21. The van der Waals surface area contributed by atoms with Gasteiger partial charge in [-0.15, -0.1) is 0 Å². The van der Waals surface area contributed by atoms with Crippen LogP contribution in [0, 0.1) is 25.2 Å². The lowest BCUT2D eigenvalue weighted by Crippen LogP contribution is -2.68. The highest BCUT2D eigenvalue weighted by molar-refractivity contribution is 5.87. The lowest BCUT2D eigenvalue weighted by atomic mass is 9.71. The first kappa shape index (κ1) is 31.5. The maximum absolute atomic E-state index is 13.2. The molecule has 7 rings (SSSR count). The van der Waals surface area contributed by atoms with E-state index in [9.17, 15) is 20.0 Å². The summed E-state index contributed by atoms with van der Waals surface area (Å²) in [4.78, 5) is 29.9. The molecule has 1 saturated heterocycles. The lowest BCUT2D eigenvalue weighted by Gasteiger charge is -2.59. The van der Waals surface area contributed by atoms with Crippen molar-refractivity contribution in [2.45, 2.75) is 63.8 Å². The van der Waals surface area contributed by atoms with E-state index in [1.165, 1.54) is 20.1 Å². The van der Waals surface area contributed by atoms with E-state index in [-0.39, 0.29) is 31.2 Å². The van der Waals surface area contributed by atoms with Gasteiger partial charge in [-0.1, -0.05) is 36.4 Å². The maximum Gasteiger partial charge on any atom is 0.330 e. The average Bonchev–Trinajstić information content (AvgIpc) is 3.56. The minimum Gasteiger partial charge on any atom is -0.504 e. The molecule has 4 aliphatic rings. The molecule has 2 bridgehead atoms. The molecule has 0 saturated carbocycles. The highest BCUT2D eigenvalue weighted by Crippen LogP contribution is 2.58. The van der Waals surface area contributed by atoms with Crippen LogP contribution in [0.5, 0.6) is 28.7 Å². The molecule has 3 aromatic rings. The van der Waals surface area contributed by atoms with Gasteiger partial charge in [0.1, 0.15) is 18.4 Å². The van der Waals surface area contributed by atoms with Crippen molar-refractivity contribution in [1.29, 1.82) is 5.26 Å². The molecule has 3 aromatic carbocycles. The van der Waals surface area contributed by atoms with Gasteiger partial charge in [-0.3, -0.25) is 14.6 Å². The first-order chi connectivity index (χ1) is 23.1. The average molecular weight is 652 g/mol. The zero-order valence-corrected chi connectivity index (χ0v) is 27.5. The van der Waals surface area contributed by atoms with E-state index in [0.29, 0.717) is 52.5 Å². The summed E-state index contributed by atoms with van der Waals surface area (Å²) in [5, 5.41) is 22.5. The van der Waals surface area contributed by atoms with E-state index in [4.69, 9.17) is 23.7 Å². The number of esters is 2. The smallest absolute Gasteiger partial charge is 0.330 e. The van der Waals surface area contributed by atoms with Crippen LogP contribution in [0.2, 0.25) is 0 Å². The normalized spacial score (nSPS) is 23.9. The third kappa shape index (κ3) is 4.95. The molecule has 4 heterocycles. The number of aromatic hydroxyl groups is 1. The summed E-state index contributed by atoms with van der Waals surface area (Å²) in [7, 11) is 3.51. The highest BCUT2D eigenvalue weighted by atomic mass is 16.7. The molecule has 11 heteroatoms. The van der Waals surface area contributed by atoms with Gasteiger partial charge in [-0.05, 0) is 56.5 Å². The number of ether oxygens (including phenoxy) is 5. The Morgan fingerprint density at radius 3 is 2.54 bits per heavy atom. The number of carbonyl (C=O) groups is 2. The van der Waals surface area contributed by atoms with Crippen LogP contribution in [-0.4, -0.2) is 72.5 Å². The molecular formula is C37H37N3O8. The molecule has 1 N–H and O–H groups in total. The molecule has 4 aliphatic heterocycles. The van der Waals surface area contributed by atoms with Crippen molar-refractivity contribution >= 4 is 18.0 Å². The van der Waals surface area contributed by atoms with Crippen LogP contribution >= 0.6 is 0 Å². The monoisotopic (exact) mass is 651 g/mol. The molecule has 1 unspecified atom stereocenters. The number of piperazine rings is 1. The van der Waals surface area contributed by atoms with Crippen LogP contribution in [0.25, 0.3) is 6.08 Å². The van der Waals surface area contributed by atoms with E-state index in [1.807, 2.05) is 57.3 Å². The van der Waals surface area contributed by atoms with Crippen LogP contribution in [-0.2, 0) is 27.2 Å². The Balaban J connectivity index is 1.39. The summed E-state index contributed by atoms with van der Waals surface area (Å²) in [6.45, 7) is 4.91. The number of likely N-dealkylation sites (N-methyl/N-ethyl adjacent to an activating group) is 1. The molecule has 0 spiro atoms. The summed E-state index contributed by atoms with van der Waals surface area (Å²) < 4.78 is 29.4. The fourth-order valence-electron chi connectivity index (χ4n) is 8.21. The third-order valence-corrected chi connectivity index (χ3v) is 10.1. The van der Waals surface area contributed by atoms with Gasteiger partial charge in [-0.25, -0.2) is 4.79 Å². The minimum atomic E-state index is -0.669. The minimum absolute atomic E-state index is 0.0298. The van der Waals surface area contributed by atoms with E-state index in [2.05, 4.69) is 15.9 Å². The summed E-state index contributed by atoms with van der Waals surface area (Å²) >= 11 is 0. The van der Waals surface area contributed by atoms with Crippen molar-refractivity contribution in [1.82, 2.24) is 9.80 Å². The van der Waals surface area contributed by atoms with Crippen molar-refractivity contribution in [2.75, 3.05) is 27.6 Å². The second-order valence-corrected chi connectivity index (χ2v) is 12.7. The third-order valence-electron chi connectivity index (χ3n) is 10.1. The van der Waals surface area contributed by atoms with E-state index >= 15 is 0 Å². The summed E-state index contributed by atoms with van der Waals surface area (Å²) in [6, 6.07) is 11.7. The number of nitriles is 1. The largest absolute Gasteiger partial charge is 0.504 e. The Morgan fingerprint density at radius 1 is 1.08 bits per heavy atom. The quantitative estimate of drug-likeness (QED) is 0.226. The van der Waals surface area contributed by atoms with Gasteiger partial charge in [0, 0.05) is 47.3 Å². The predicted molar refractivity (Wildman–Crippen MR) is 174 cm³/mol. The summed E-state index contributed by atoms with van der Waals surface area (Å²) in [6.07, 6.45) is 3.93. The number of hydrogen-bond acceptors (Lipinski definition) is 11. The molecule has 5 atom stereocenters. The molecule has 11 nitrogen and oxygen atoms in total. The summed E-state index contributed by atoms with van der Waals surface area (Å²) in [5.74, 6) is 0.735. The number of hydrogen-bond donors (Lipinski definition) is 1. The molecular weight excluding hydrogens is 614 g/mol. The van der Waals surface area contributed by atoms with Crippen molar-refractivity contribution in [2.24, 2.45) is 0 Å². The lowest BCUT2D eigenvalue weighted by molar-refractivity contribution is -0.143. The molecule has 0 aromatic heterocycles. The number of fused-ring (bicyclic) bond motifs is 9. The van der Waals surface area contributed by atoms with Gasteiger partial charge in [0.25, 0.3) is 0 Å². The molecule has 248 valence electrons. The summed E-state index contributed by atoms with van der Waals surface area (Å²) in [5.41, 5.74) is 5.35. The highest BCUT2D eigenvalue weighted by Gasteiger charge is 2.57. The zero-order chi connectivity index (χ0) is 33.9.